The van der Waals surface area contributed by atoms with Crippen molar-refractivity contribution in [2.75, 3.05) is 19.9 Å². The van der Waals surface area contributed by atoms with Gasteiger partial charge in [-0.1, -0.05) is 6.07 Å². The second-order valence-corrected chi connectivity index (χ2v) is 4.12. The Morgan fingerprint density at radius 3 is 2.85 bits per heavy atom. The molecule has 0 bridgehead atoms. The predicted molar refractivity (Wildman–Crippen MR) is 73.3 cm³/mol. The molecule has 1 heterocycles. The molecule has 106 valence electrons. The average Bonchev–Trinajstić information content (AvgIpc) is 2.90. The molecule has 6 heteroatoms. The zero-order valence-electron chi connectivity index (χ0n) is 11.1. The van der Waals surface area contributed by atoms with E-state index in [4.69, 9.17) is 9.47 Å². The minimum absolute atomic E-state index is 0.0296. The van der Waals surface area contributed by atoms with E-state index in [0.717, 1.165) is 5.56 Å². The van der Waals surface area contributed by atoms with E-state index in [9.17, 15) is 9.59 Å². The van der Waals surface area contributed by atoms with Crippen LogP contribution >= 0.6 is 0 Å². The lowest BCUT2D eigenvalue weighted by Gasteiger charge is -2.02. The van der Waals surface area contributed by atoms with Gasteiger partial charge in [0.25, 0.3) is 0 Å². The molecule has 0 saturated carbocycles. The highest BCUT2D eigenvalue weighted by atomic mass is 16.7. The summed E-state index contributed by atoms with van der Waals surface area (Å²) in [5.41, 5.74) is 0.822. The van der Waals surface area contributed by atoms with E-state index in [1.165, 1.54) is 6.08 Å². The van der Waals surface area contributed by atoms with E-state index < -0.39 is 0 Å². The molecular weight excluding hydrogens is 260 g/mol. The molecule has 1 aliphatic rings. The van der Waals surface area contributed by atoms with Crippen LogP contribution in [0.2, 0.25) is 0 Å². The van der Waals surface area contributed by atoms with Crippen molar-refractivity contribution in [3.05, 3.63) is 29.8 Å². The van der Waals surface area contributed by atoms with Gasteiger partial charge in [0.05, 0.1) is 6.54 Å². The number of nitrogens with one attached hydrogen (secondary N) is 2. The summed E-state index contributed by atoms with van der Waals surface area (Å²) in [5, 5.41) is 5.09. The molecule has 2 amide bonds. The number of rotatable bonds is 5. The maximum absolute atomic E-state index is 11.5. The van der Waals surface area contributed by atoms with E-state index in [1.807, 2.05) is 13.0 Å². The molecule has 0 aromatic heterocycles. The Morgan fingerprint density at radius 1 is 1.25 bits per heavy atom. The summed E-state index contributed by atoms with van der Waals surface area (Å²) in [7, 11) is 0. The number of ether oxygens (including phenoxy) is 2. The van der Waals surface area contributed by atoms with E-state index in [2.05, 4.69) is 10.6 Å². The molecule has 0 unspecified atom stereocenters. The smallest absolute Gasteiger partial charge is 0.244 e. The first-order chi connectivity index (χ1) is 9.69. The fourth-order valence-corrected chi connectivity index (χ4v) is 1.67. The van der Waals surface area contributed by atoms with Crippen LogP contribution < -0.4 is 20.1 Å². The summed E-state index contributed by atoms with van der Waals surface area (Å²) < 4.78 is 10.4. The highest BCUT2D eigenvalue weighted by Gasteiger charge is 2.12. The fraction of sp³-hybridized carbons (Fsp3) is 0.286. The first-order valence-electron chi connectivity index (χ1n) is 6.31. The molecule has 0 spiro atoms. The van der Waals surface area contributed by atoms with Gasteiger partial charge in [-0.2, -0.15) is 0 Å². The summed E-state index contributed by atoms with van der Waals surface area (Å²) >= 11 is 0. The van der Waals surface area contributed by atoms with Crippen LogP contribution in [0.3, 0.4) is 0 Å². The van der Waals surface area contributed by atoms with Crippen molar-refractivity contribution >= 4 is 17.9 Å². The normalized spacial score (nSPS) is 12.4. The summed E-state index contributed by atoms with van der Waals surface area (Å²) in [6.07, 6.45) is 3.02. The van der Waals surface area contributed by atoms with Crippen LogP contribution in [0.1, 0.15) is 12.5 Å². The maximum atomic E-state index is 11.5. The molecule has 0 radical (unpaired) electrons. The van der Waals surface area contributed by atoms with Crippen molar-refractivity contribution in [3.8, 4) is 11.5 Å². The van der Waals surface area contributed by atoms with E-state index in [0.29, 0.717) is 18.0 Å². The highest BCUT2D eigenvalue weighted by molar-refractivity contribution is 5.94. The van der Waals surface area contributed by atoms with Crippen LogP contribution in [0.15, 0.2) is 24.3 Å². The zero-order chi connectivity index (χ0) is 14.4. The second-order valence-electron chi connectivity index (χ2n) is 4.12. The molecule has 0 aliphatic carbocycles. The van der Waals surface area contributed by atoms with E-state index in [-0.39, 0.29) is 25.2 Å². The van der Waals surface area contributed by atoms with Gasteiger partial charge in [-0.25, -0.2) is 0 Å². The molecule has 0 atom stereocenters. The largest absolute Gasteiger partial charge is 0.454 e. The van der Waals surface area contributed by atoms with Crippen molar-refractivity contribution in [1.82, 2.24) is 10.6 Å². The van der Waals surface area contributed by atoms with Crippen molar-refractivity contribution in [2.24, 2.45) is 0 Å². The van der Waals surface area contributed by atoms with Crippen molar-refractivity contribution in [1.29, 1.82) is 0 Å². The summed E-state index contributed by atoms with van der Waals surface area (Å²) in [4.78, 5) is 22.7. The number of amides is 2. The lowest BCUT2D eigenvalue weighted by Crippen LogP contribution is -2.35. The summed E-state index contributed by atoms with van der Waals surface area (Å²) in [6, 6.07) is 5.39. The lowest BCUT2D eigenvalue weighted by atomic mass is 10.2. The van der Waals surface area contributed by atoms with E-state index in [1.54, 1.807) is 18.2 Å². The van der Waals surface area contributed by atoms with Crippen LogP contribution in [0.4, 0.5) is 0 Å². The summed E-state index contributed by atoms with van der Waals surface area (Å²) in [5.74, 6) is 0.823. The predicted octanol–water partition coefficient (Wildman–Crippen LogP) is 0.681. The minimum atomic E-state index is -0.325. The number of benzene rings is 1. The first kappa shape index (κ1) is 13.9. The van der Waals surface area contributed by atoms with Gasteiger partial charge in [0.15, 0.2) is 11.5 Å². The molecule has 6 nitrogen and oxygen atoms in total. The van der Waals surface area contributed by atoms with Gasteiger partial charge in [-0.05, 0) is 30.7 Å². The number of hydrogen-bond donors (Lipinski definition) is 2. The van der Waals surface area contributed by atoms with E-state index >= 15 is 0 Å². The molecule has 0 saturated heterocycles. The van der Waals surface area contributed by atoms with Crippen LogP contribution in [0, 0.1) is 0 Å². The van der Waals surface area contributed by atoms with Crippen molar-refractivity contribution in [3.63, 3.8) is 0 Å². The number of fused-ring (bicyclic) bond motifs is 1. The lowest BCUT2D eigenvalue weighted by molar-refractivity contribution is -0.123. The Bertz CT molecular complexity index is 540. The molecule has 2 rings (SSSR count). The monoisotopic (exact) mass is 276 g/mol. The quantitative estimate of drug-likeness (QED) is 0.775. The van der Waals surface area contributed by atoms with Crippen molar-refractivity contribution in [2.45, 2.75) is 6.92 Å². The van der Waals surface area contributed by atoms with Gasteiger partial charge < -0.3 is 20.1 Å². The topological polar surface area (TPSA) is 76.7 Å². The average molecular weight is 276 g/mol. The minimum Gasteiger partial charge on any atom is -0.454 e. The SMILES string of the molecule is CCNC(=O)CNC(=O)/C=C\c1ccc2c(c1)OCO2. The second kappa shape index (κ2) is 6.60. The summed E-state index contributed by atoms with van der Waals surface area (Å²) in [6.45, 7) is 2.55. The maximum Gasteiger partial charge on any atom is 0.244 e. The highest BCUT2D eigenvalue weighted by Crippen LogP contribution is 2.32. The number of carbonyl (C=O) groups is 2. The van der Waals surface area contributed by atoms with Crippen LogP contribution in [-0.2, 0) is 9.59 Å². The standard InChI is InChI=1S/C14H16N2O4/c1-2-15-14(18)8-16-13(17)6-4-10-3-5-11-12(7-10)20-9-19-11/h3-7H,2,8-9H2,1H3,(H,15,18)(H,16,17)/b6-4-. The Labute approximate surface area is 116 Å². The number of hydrogen-bond acceptors (Lipinski definition) is 4. The molecule has 20 heavy (non-hydrogen) atoms. The Kier molecular flexibility index (Phi) is 4.60. The Hall–Kier alpha value is -2.50. The third kappa shape index (κ3) is 3.74. The third-order valence-electron chi connectivity index (χ3n) is 2.62. The molecule has 0 fully saturated rings. The zero-order valence-corrected chi connectivity index (χ0v) is 11.1. The van der Waals surface area contributed by atoms with Gasteiger partial charge in [0.1, 0.15) is 0 Å². The van der Waals surface area contributed by atoms with Gasteiger partial charge in [0, 0.05) is 12.6 Å². The van der Waals surface area contributed by atoms with Gasteiger partial charge in [-0.15, -0.1) is 0 Å². The molecular formula is C14H16N2O4. The van der Waals surface area contributed by atoms with Gasteiger partial charge in [-0.3, -0.25) is 9.59 Å². The fourth-order valence-electron chi connectivity index (χ4n) is 1.67. The van der Waals surface area contributed by atoms with Gasteiger partial charge >= 0.3 is 0 Å². The Morgan fingerprint density at radius 2 is 2.05 bits per heavy atom. The third-order valence-corrected chi connectivity index (χ3v) is 2.62. The van der Waals surface area contributed by atoms with Gasteiger partial charge in [0.2, 0.25) is 18.6 Å². The van der Waals surface area contributed by atoms with Crippen LogP contribution in [0.25, 0.3) is 6.08 Å². The van der Waals surface area contributed by atoms with Crippen LogP contribution in [-0.4, -0.2) is 31.7 Å². The van der Waals surface area contributed by atoms with Crippen LogP contribution in [0.5, 0.6) is 11.5 Å². The Balaban J connectivity index is 1.86. The molecule has 2 N–H and O–H groups in total. The molecule has 1 aliphatic heterocycles. The first-order valence-corrected chi connectivity index (χ1v) is 6.31. The number of likely N-dealkylation sites (N-methyl/N-ethyl adjacent to an activating group) is 1. The number of carbonyl (C=O) groups excluding carboxylic acids is 2. The molecule has 1 aromatic carbocycles. The molecule has 1 aromatic rings. The van der Waals surface area contributed by atoms with Crippen molar-refractivity contribution < 1.29 is 19.1 Å².